The Hall–Kier alpha value is -2.01. The van der Waals surface area contributed by atoms with Crippen molar-refractivity contribution in [3.8, 4) is 11.5 Å². The zero-order valence-electron chi connectivity index (χ0n) is 12.2. The molecule has 0 radical (unpaired) electrons. The lowest BCUT2D eigenvalue weighted by molar-refractivity contribution is 0.397. The van der Waals surface area contributed by atoms with Crippen LogP contribution >= 0.6 is 0 Å². The molecule has 1 heterocycles. The van der Waals surface area contributed by atoms with Crippen LogP contribution < -0.4 is 14.8 Å². The summed E-state index contributed by atoms with van der Waals surface area (Å²) in [6.07, 6.45) is 4.68. The topological polar surface area (TPSA) is 48.3 Å². The summed E-state index contributed by atoms with van der Waals surface area (Å²) in [5, 5.41) is 3.40. The van der Waals surface area contributed by atoms with E-state index in [1.54, 1.807) is 14.2 Å². The van der Waals surface area contributed by atoms with Crippen molar-refractivity contribution in [1.82, 2.24) is 14.9 Å². The highest BCUT2D eigenvalue weighted by Gasteiger charge is 2.05. The van der Waals surface area contributed by atoms with Gasteiger partial charge in [0.05, 0.1) is 14.2 Å². The van der Waals surface area contributed by atoms with Crippen LogP contribution in [-0.2, 0) is 20.0 Å². The van der Waals surface area contributed by atoms with Gasteiger partial charge in [-0.1, -0.05) is 0 Å². The van der Waals surface area contributed by atoms with E-state index in [-0.39, 0.29) is 0 Å². The number of nitrogens with zero attached hydrogens (tertiary/aromatic N) is 2. The summed E-state index contributed by atoms with van der Waals surface area (Å²) in [6, 6.07) is 5.82. The second-order valence-electron chi connectivity index (χ2n) is 4.56. The molecule has 0 aliphatic heterocycles. The van der Waals surface area contributed by atoms with Gasteiger partial charge < -0.3 is 19.4 Å². The number of ether oxygens (including phenoxy) is 2. The molecule has 20 heavy (non-hydrogen) atoms. The van der Waals surface area contributed by atoms with Crippen LogP contribution in [-0.4, -0.2) is 30.3 Å². The van der Waals surface area contributed by atoms with Crippen LogP contribution in [0.4, 0.5) is 0 Å². The van der Waals surface area contributed by atoms with Crippen LogP contribution in [0, 0.1) is 0 Å². The van der Waals surface area contributed by atoms with Gasteiger partial charge in [-0.05, 0) is 18.2 Å². The van der Waals surface area contributed by atoms with Gasteiger partial charge in [0.25, 0.3) is 0 Å². The standard InChI is InChI=1S/C15H21N3O2/c1-18-9-8-17-15(18)6-7-16-11-12-10-13(19-2)4-5-14(12)20-3/h4-5,8-10,16H,6-7,11H2,1-3H3. The normalized spacial score (nSPS) is 10.6. The average molecular weight is 275 g/mol. The van der Waals surface area contributed by atoms with Crippen LogP contribution in [0.1, 0.15) is 11.4 Å². The molecule has 0 spiro atoms. The third-order valence-electron chi connectivity index (χ3n) is 3.25. The van der Waals surface area contributed by atoms with Gasteiger partial charge in [0.15, 0.2) is 0 Å². The number of methoxy groups -OCH3 is 2. The molecule has 0 aliphatic carbocycles. The average Bonchev–Trinajstić information content (AvgIpc) is 2.88. The van der Waals surface area contributed by atoms with Gasteiger partial charge in [-0.25, -0.2) is 4.98 Å². The van der Waals surface area contributed by atoms with Gasteiger partial charge >= 0.3 is 0 Å². The summed E-state index contributed by atoms with van der Waals surface area (Å²) in [7, 11) is 5.35. The molecule has 1 N–H and O–H groups in total. The lowest BCUT2D eigenvalue weighted by atomic mass is 10.2. The first-order chi connectivity index (χ1) is 9.74. The van der Waals surface area contributed by atoms with Gasteiger partial charge in [-0.15, -0.1) is 0 Å². The second-order valence-corrected chi connectivity index (χ2v) is 4.56. The Balaban J connectivity index is 1.88. The van der Waals surface area contributed by atoms with Gasteiger partial charge in [-0.2, -0.15) is 0 Å². The number of aromatic nitrogens is 2. The first-order valence-electron chi connectivity index (χ1n) is 6.62. The quantitative estimate of drug-likeness (QED) is 0.782. The molecule has 0 bridgehead atoms. The number of hydrogen-bond donors (Lipinski definition) is 1. The molecule has 0 amide bonds. The van der Waals surface area contributed by atoms with E-state index in [2.05, 4.69) is 10.3 Å². The molecule has 0 atom stereocenters. The Morgan fingerprint density at radius 1 is 1.25 bits per heavy atom. The van der Waals surface area contributed by atoms with Crippen molar-refractivity contribution in [2.75, 3.05) is 20.8 Å². The van der Waals surface area contributed by atoms with Crippen molar-refractivity contribution >= 4 is 0 Å². The van der Waals surface area contributed by atoms with E-state index in [9.17, 15) is 0 Å². The van der Waals surface area contributed by atoms with E-state index < -0.39 is 0 Å². The molecule has 1 aromatic carbocycles. The predicted octanol–water partition coefficient (Wildman–Crippen LogP) is 1.77. The molecular formula is C15H21N3O2. The number of imidazole rings is 1. The summed E-state index contributed by atoms with van der Waals surface area (Å²) in [5.41, 5.74) is 1.09. The number of nitrogens with one attached hydrogen (secondary N) is 1. The fourth-order valence-electron chi connectivity index (χ4n) is 2.08. The number of aryl methyl sites for hydroxylation is 1. The second kappa shape index (κ2) is 6.96. The predicted molar refractivity (Wildman–Crippen MR) is 78.2 cm³/mol. The van der Waals surface area contributed by atoms with E-state index in [4.69, 9.17) is 9.47 Å². The van der Waals surface area contributed by atoms with Crippen molar-refractivity contribution in [1.29, 1.82) is 0 Å². The number of rotatable bonds is 7. The van der Waals surface area contributed by atoms with Crippen molar-refractivity contribution in [3.63, 3.8) is 0 Å². The van der Waals surface area contributed by atoms with E-state index in [1.807, 2.05) is 42.2 Å². The monoisotopic (exact) mass is 275 g/mol. The molecule has 1 aromatic heterocycles. The minimum atomic E-state index is 0.741. The van der Waals surface area contributed by atoms with Gasteiger partial charge in [0.1, 0.15) is 17.3 Å². The summed E-state index contributed by atoms with van der Waals surface area (Å²) in [4.78, 5) is 4.30. The van der Waals surface area contributed by atoms with Crippen molar-refractivity contribution in [2.24, 2.45) is 7.05 Å². The molecule has 108 valence electrons. The lowest BCUT2D eigenvalue weighted by Crippen LogP contribution is -2.18. The minimum absolute atomic E-state index is 0.741. The smallest absolute Gasteiger partial charge is 0.123 e. The molecule has 0 unspecified atom stereocenters. The third-order valence-corrected chi connectivity index (χ3v) is 3.25. The Morgan fingerprint density at radius 2 is 2.10 bits per heavy atom. The van der Waals surface area contributed by atoms with Gasteiger partial charge in [-0.3, -0.25) is 0 Å². The highest BCUT2D eigenvalue weighted by atomic mass is 16.5. The zero-order chi connectivity index (χ0) is 14.4. The molecule has 0 saturated carbocycles. The largest absolute Gasteiger partial charge is 0.497 e. The maximum atomic E-state index is 5.35. The fraction of sp³-hybridized carbons (Fsp3) is 0.400. The molecule has 2 rings (SSSR count). The summed E-state index contributed by atoms with van der Waals surface area (Å²) >= 11 is 0. The van der Waals surface area contributed by atoms with Crippen LogP contribution in [0.2, 0.25) is 0 Å². The van der Waals surface area contributed by atoms with Crippen molar-refractivity contribution in [2.45, 2.75) is 13.0 Å². The maximum Gasteiger partial charge on any atom is 0.123 e. The molecule has 2 aromatic rings. The van der Waals surface area contributed by atoms with E-state index in [0.717, 1.165) is 42.4 Å². The minimum Gasteiger partial charge on any atom is -0.497 e. The number of hydrogen-bond acceptors (Lipinski definition) is 4. The van der Waals surface area contributed by atoms with Crippen LogP contribution in [0.15, 0.2) is 30.6 Å². The Labute approximate surface area is 119 Å². The Kier molecular flexibility index (Phi) is 5.01. The molecule has 0 saturated heterocycles. The summed E-state index contributed by atoms with van der Waals surface area (Å²) in [5.74, 6) is 2.79. The highest BCUT2D eigenvalue weighted by molar-refractivity contribution is 5.40. The zero-order valence-corrected chi connectivity index (χ0v) is 12.2. The first kappa shape index (κ1) is 14.4. The molecule has 0 aliphatic rings. The van der Waals surface area contributed by atoms with Crippen molar-refractivity contribution in [3.05, 3.63) is 42.0 Å². The first-order valence-corrected chi connectivity index (χ1v) is 6.62. The van der Waals surface area contributed by atoms with Gasteiger partial charge in [0, 0.05) is 44.5 Å². The summed E-state index contributed by atoms with van der Waals surface area (Å²) < 4.78 is 12.6. The molecule has 5 nitrogen and oxygen atoms in total. The van der Waals surface area contributed by atoms with E-state index in [1.165, 1.54) is 0 Å². The highest BCUT2D eigenvalue weighted by Crippen LogP contribution is 2.23. The van der Waals surface area contributed by atoms with Crippen LogP contribution in [0.3, 0.4) is 0 Å². The maximum absolute atomic E-state index is 5.35. The molecule has 5 heteroatoms. The lowest BCUT2D eigenvalue weighted by Gasteiger charge is -2.11. The molecular weight excluding hydrogens is 254 g/mol. The van der Waals surface area contributed by atoms with E-state index >= 15 is 0 Å². The molecule has 0 fully saturated rings. The SMILES string of the molecule is COc1ccc(OC)c(CNCCc2nccn2C)c1. The van der Waals surface area contributed by atoms with Gasteiger partial charge in [0.2, 0.25) is 0 Å². The Morgan fingerprint density at radius 3 is 2.75 bits per heavy atom. The Bertz CT molecular complexity index is 552. The third kappa shape index (κ3) is 3.51. The van der Waals surface area contributed by atoms with Crippen molar-refractivity contribution < 1.29 is 9.47 Å². The number of benzene rings is 1. The summed E-state index contributed by atoms with van der Waals surface area (Å²) in [6.45, 7) is 1.61. The fourth-order valence-corrected chi connectivity index (χ4v) is 2.08. The van der Waals surface area contributed by atoms with Crippen LogP contribution in [0.25, 0.3) is 0 Å². The van der Waals surface area contributed by atoms with Crippen LogP contribution in [0.5, 0.6) is 11.5 Å². The van der Waals surface area contributed by atoms with E-state index in [0.29, 0.717) is 0 Å².